The van der Waals surface area contributed by atoms with Crippen LogP contribution < -0.4 is 5.32 Å². The molecule has 1 N–H and O–H groups in total. The number of unbranched alkanes of at least 4 members (excludes halogenated alkanes) is 1. The van der Waals surface area contributed by atoms with Crippen molar-refractivity contribution in [2.45, 2.75) is 58.4 Å². The number of hydrogen-bond acceptors (Lipinski definition) is 3. The van der Waals surface area contributed by atoms with E-state index in [0.29, 0.717) is 6.54 Å². The second-order valence-corrected chi connectivity index (χ2v) is 7.07. The number of rotatable bonds is 7. The van der Waals surface area contributed by atoms with E-state index in [0.717, 1.165) is 30.1 Å². The molecule has 0 radical (unpaired) electrons. The van der Waals surface area contributed by atoms with Crippen LogP contribution in [0.4, 0.5) is 0 Å². The van der Waals surface area contributed by atoms with Crippen molar-refractivity contribution in [3.05, 3.63) is 42.6 Å². The fraction of sp³-hybridized carbons (Fsp3) is 0.550. The molecule has 1 fully saturated rings. The molecule has 1 amide bonds. The van der Waals surface area contributed by atoms with Gasteiger partial charge in [0.25, 0.3) is 0 Å². The second kappa shape index (κ2) is 8.79. The van der Waals surface area contributed by atoms with Crippen molar-refractivity contribution in [1.82, 2.24) is 19.9 Å². The Bertz CT molecular complexity index is 643. The zero-order chi connectivity index (χ0) is 17.5. The standard InChI is InChI=1S/C20H28N4O/c1-2-3-4-16-5-8-18(9-6-16)20(25)23-14-17-7-10-19(22-13-17)24-12-11-21-15-24/h7,10-13,15-16,18H,2-6,8-9,14H2,1H3,(H,23,25). The van der Waals surface area contributed by atoms with E-state index in [1.54, 1.807) is 12.5 Å². The first kappa shape index (κ1) is 17.6. The molecule has 2 aromatic heterocycles. The first-order valence-corrected chi connectivity index (χ1v) is 9.47. The monoisotopic (exact) mass is 340 g/mol. The van der Waals surface area contributed by atoms with Crippen LogP contribution in [-0.2, 0) is 11.3 Å². The smallest absolute Gasteiger partial charge is 0.223 e. The number of hydrogen-bond donors (Lipinski definition) is 1. The number of nitrogens with one attached hydrogen (secondary N) is 1. The van der Waals surface area contributed by atoms with Crippen LogP contribution in [0.3, 0.4) is 0 Å². The molecular weight excluding hydrogens is 312 g/mol. The molecule has 0 unspecified atom stereocenters. The normalized spacial score (nSPS) is 20.4. The maximum atomic E-state index is 12.4. The summed E-state index contributed by atoms with van der Waals surface area (Å²) in [5.41, 5.74) is 1.02. The Morgan fingerprint density at radius 3 is 2.76 bits per heavy atom. The predicted octanol–water partition coefficient (Wildman–Crippen LogP) is 3.88. The Labute approximate surface area is 149 Å². The zero-order valence-corrected chi connectivity index (χ0v) is 15.0. The third-order valence-electron chi connectivity index (χ3n) is 5.23. The Morgan fingerprint density at radius 1 is 1.28 bits per heavy atom. The molecule has 0 atom stereocenters. The minimum Gasteiger partial charge on any atom is -0.352 e. The number of nitrogens with zero attached hydrogens (tertiary/aromatic N) is 3. The van der Waals surface area contributed by atoms with Crippen molar-refractivity contribution in [2.75, 3.05) is 0 Å². The molecule has 1 aliphatic carbocycles. The number of carbonyl (C=O) groups is 1. The van der Waals surface area contributed by atoms with Crippen molar-refractivity contribution < 1.29 is 4.79 Å². The molecule has 5 heteroatoms. The summed E-state index contributed by atoms with van der Waals surface area (Å²) in [6.07, 6.45) is 15.6. The quantitative estimate of drug-likeness (QED) is 0.832. The number of amides is 1. The largest absolute Gasteiger partial charge is 0.352 e. The summed E-state index contributed by atoms with van der Waals surface area (Å²) in [5, 5.41) is 3.08. The van der Waals surface area contributed by atoms with Gasteiger partial charge in [-0.25, -0.2) is 9.97 Å². The average Bonchev–Trinajstić information content (AvgIpc) is 3.20. The highest BCUT2D eigenvalue weighted by atomic mass is 16.1. The fourth-order valence-corrected chi connectivity index (χ4v) is 3.61. The minimum atomic E-state index is 0.191. The topological polar surface area (TPSA) is 59.8 Å². The molecule has 0 aromatic carbocycles. The van der Waals surface area contributed by atoms with Crippen molar-refractivity contribution >= 4 is 5.91 Å². The third kappa shape index (κ3) is 4.91. The van der Waals surface area contributed by atoms with E-state index in [2.05, 4.69) is 22.2 Å². The van der Waals surface area contributed by atoms with Crippen LogP contribution in [0.2, 0.25) is 0 Å². The SMILES string of the molecule is CCCCC1CCC(C(=O)NCc2ccc(-n3ccnc3)nc2)CC1. The third-order valence-corrected chi connectivity index (χ3v) is 5.23. The van der Waals surface area contributed by atoms with E-state index in [9.17, 15) is 4.79 Å². The number of carbonyl (C=O) groups excluding carboxylic acids is 1. The van der Waals surface area contributed by atoms with E-state index < -0.39 is 0 Å². The number of pyridine rings is 1. The summed E-state index contributed by atoms with van der Waals surface area (Å²) < 4.78 is 1.86. The van der Waals surface area contributed by atoms with Gasteiger partial charge in [-0.3, -0.25) is 9.36 Å². The molecule has 2 heterocycles. The van der Waals surface area contributed by atoms with E-state index >= 15 is 0 Å². The number of aromatic nitrogens is 3. The van der Waals surface area contributed by atoms with Gasteiger partial charge in [-0.1, -0.05) is 32.3 Å². The molecule has 0 saturated heterocycles. The Kier molecular flexibility index (Phi) is 6.20. The Morgan fingerprint density at radius 2 is 2.12 bits per heavy atom. The molecule has 5 nitrogen and oxygen atoms in total. The first-order chi connectivity index (χ1) is 12.3. The van der Waals surface area contributed by atoms with Gasteiger partial charge in [-0.2, -0.15) is 0 Å². The van der Waals surface area contributed by atoms with Gasteiger partial charge in [-0.15, -0.1) is 0 Å². The van der Waals surface area contributed by atoms with Gasteiger partial charge in [0.15, 0.2) is 0 Å². The lowest BCUT2D eigenvalue weighted by atomic mass is 9.79. The van der Waals surface area contributed by atoms with Gasteiger partial charge in [0.05, 0.1) is 0 Å². The average molecular weight is 340 g/mol. The van der Waals surface area contributed by atoms with Crippen LogP contribution in [0, 0.1) is 11.8 Å². The highest BCUT2D eigenvalue weighted by molar-refractivity contribution is 5.78. The van der Waals surface area contributed by atoms with Crippen molar-refractivity contribution in [1.29, 1.82) is 0 Å². The van der Waals surface area contributed by atoms with E-state index in [4.69, 9.17) is 0 Å². The van der Waals surface area contributed by atoms with E-state index in [1.165, 1.54) is 32.1 Å². The van der Waals surface area contributed by atoms with E-state index in [-0.39, 0.29) is 11.8 Å². The van der Waals surface area contributed by atoms with Crippen LogP contribution in [0.15, 0.2) is 37.1 Å². The predicted molar refractivity (Wildman–Crippen MR) is 98.2 cm³/mol. The summed E-state index contributed by atoms with van der Waals surface area (Å²) in [6.45, 7) is 2.79. The number of imidazole rings is 1. The van der Waals surface area contributed by atoms with Gasteiger partial charge in [0.1, 0.15) is 12.1 Å². The molecule has 0 bridgehead atoms. The molecular formula is C20H28N4O. The van der Waals surface area contributed by atoms with Gasteiger partial charge in [0.2, 0.25) is 5.91 Å². The van der Waals surface area contributed by atoms with Crippen LogP contribution in [0.1, 0.15) is 57.4 Å². The first-order valence-electron chi connectivity index (χ1n) is 9.47. The Hall–Kier alpha value is -2.17. The zero-order valence-electron chi connectivity index (χ0n) is 15.0. The van der Waals surface area contributed by atoms with Crippen LogP contribution >= 0.6 is 0 Å². The molecule has 1 aliphatic rings. The molecule has 1 saturated carbocycles. The van der Waals surface area contributed by atoms with Gasteiger partial charge in [-0.05, 0) is 43.2 Å². The summed E-state index contributed by atoms with van der Waals surface area (Å²) in [7, 11) is 0. The van der Waals surface area contributed by atoms with E-state index in [1.807, 2.05) is 29.1 Å². The molecule has 2 aromatic rings. The fourth-order valence-electron chi connectivity index (χ4n) is 3.61. The van der Waals surface area contributed by atoms with Crippen LogP contribution in [0.25, 0.3) is 5.82 Å². The molecule has 25 heavy (non-hydrogen) atoms. The van der Waals surface area contributed by atoms with Gasteiger partial charge in [0, 0.05) is 31.1 Å². The molecule has 0 spiro atoms. The summed E-state index contributed by atoms with van der Waals surface area (Å²) in [5.74, 6) is 2.06. The van der Waals surface area contributed by atoms with Crippen molar-refractivity contribution in [2.24, 2.45) is 11.8 Å². The molecule has 134 valence electrons. The minimum absolute atomic E-state index is 0.191. The lowest BCUT2D eigenvalue weighted by Gasteiger charge is -2.27. The summed E-state index contributed by atoms with van der Waals surface area (Å²) in [6, 6.07) is 3.95. The van der Waals surface area contributed by atoms with Crippen LogP contribution in [-0.4, -0.2) is 20.4 Å². The Balaban J connectivity index is 1.43. The highest BCUT2D eigenvalue weighted by Crippen LogP contribution is 2.31. The second-order valence-electron chi connectivity index (χ2n) is 7.07. The highest BCUT2D eigenvalue weighted by Gasteiger charge is 2.25. The van der Waals surface area contributed by atoms with Crippen molar-refractivity contribution in [3.8, 4) is 5.82 Å². The summed E-state index contributed by atoms with van der Waals surface area (Å²) >= 11 is 0. The van der Waals surface area contributed by atoms with Gasteiger partial charge >= 0.3 is 0 Å². The molecule has 0 aliphatic heterocycles. The lowest BCUT2D eigenvalue weighted by molar-refractivity contribution is -0.126. The van der Waals surface area contributed by atoms with Crippen molar-refractivity contribution in [3.63, 3.8) is 0 Å². The lowest BCUT2D eigenvalue weighted by Crippen LogP contribution is -2.32. The maximum absolute atomic E-state index is 12.4. The maximum Gasteiger partial charge on any atom is 0.223 e. The van der Waals surface area contributed by atoms with Crippen LogP contribution in [0.5, 0.6) is 0 Å². The summed E-state index contributed by atoms with van der Waals surface area (Å²) in [4.78, 5) is 20.8. The van der Waals surface area contributed by atoms with Gasteiger partial charge < -0.3 is 5.32 Å². The molecule has 3 rings (SSSR count).